The molecule has 0 amide bonds. The minimum atomic E-state index is 0.896. The maximum Gasteiger partial charge on any atom is 0.136 e. The third kappa shape index (κ3) is 4.02. The molecule has 9 rings (SSSR count). The van der Waals surface area contributed by atoms with Crippen LogP contribution in [0.2, 0.25) is 0 Å². The van der Waals surface area contributed by atoms with E-state index in [0.717, 1.165) is 21.9 Å². The Morgan fingerprint density at radius 2 is 0.756 bits per heavy atom. The van der Waals surface area contributed by atoms with Gasteiger partial charge in [-0.15, -0.1) is 0 Å². The van der Waals surface area contributed by atoms with E-state index >= 15 is 0 Å². The van der Waals surface area contributed by atoms with Crippen molar-refractivity contribution in [3.63, 3.8) is 0 Å². The van der Waals surface area contributed by atoms with E-state index in [2.05, 4.69) is 164 Å². The van der Waals surface area contributed by atoms with Crippen molar-refractivity contribution in [1.29, 1.82) is 0 Å². The fourth-order valence-corrected chi connectivity index (χ4v) is 7.21. The van der Waals surface area contributed by atoms with Crippen LogP contribution in [0.1, 0.15) is 0 Å². The van der Waals surface area contributed by atoms with Gasteiger partial charge in [0.15, 0.2) is 0 Å². The second-order valence-corrected chi connectivity index (χ2v) is 11.6. The van der Waals surface area contributed by atoms with E-state index in [-0.39, 0.29) is 0 Å². The molecule has 0 atom stereocenters. The third-order valence-electron chi connectivity index (χ3n) is 9.09. The second-order valence-electron chi connectivity index (χ2n) is 11.6. The highest BCUT2D eigenvalue weighted by molar-refractivity contribution is 6.25. The van der Waals surface area contributed by atoms with Gasteiger partial charge in [0, 0.05) is 16.3 Å². The van der Waals surface area contributed by atoms with Gasteiger partial charge in [-0.2, -0.15) is 0 Å². The van der Waals surface area contributed by atoms with Crippen LogP contribution in [0.3, 0.4) is 0 Å². The second kappa shape index (κ2) is 10.4. The first-order valence-electron chi connectivity index (χ1n) is 15.4. The molecule has 1 nitrogen and oxygen atoms in total. The summed E-state index contributed by atoms with van der Waals surface area (Å²) in [5.74, 6) is 0. The van der Waals surface area contributed by atoms with E-state index in [0.29, 0.717) is 0 Å². The number of furan rings is 1. The SMILES string of the molecule is c1ccc(-c2ccccc2-c2c(-c3c4ccccc4c(-c4ccccc4)c4ccccc34)ccc3oc4ccccc4c23)cc1. The van der Waals surface area contributed by atoms with Gasteiger partial charge in [-0.1, -0.05) is 152 Å². The topological polar surface area (TPSA) is 13.1 Å². The average Bonchev–Trinajstić information content (AvgIpc) is 3.50. The Hall–Kier alpha value is -5.92. The number of fused-ring (bicyclic) bond motifs is 5. The highest BCUT2D eigenvalue weighted by Gasteiger charge is 2.23. The summed E-state index contributed by atoms with van der Waals surface area (Å²) in [6, 6.07) is 60.9. The maximum atomic E-state index is 6.50. The summed E-state index contributed by atoms with van der Waals surface area (Å²) < 4.78 is 6.50. The quantitative estimate of drug-likeness (QED) is 0.191. The maximum absolute atomic E-state index is 6.50. The van der Waals surface area contributed by atoms with E-state index in [1.165, 1.54) is 66.1 Å². The molecule has 0 aliphatic heterocycles. The van der Waals surface area contributed by atoms with Gasteiger partial charge in [0.1, 0.15) is 11.2 Å². The smallest absolute Gasteiger partial charge is 0.136 e. The van der Waals surface area contributed by atoms with Crippen molar-refractivity contribution in [2.45, 2.75) is 0 Å². The summed E-state index contributed by atoms with van der Waals surface area (Å²) in [6.07, 6.45) is 0. The molecule has 1 heteroatoms. The predicted octanol–water partition coefficient (Wildman–Crippen LogP) is 12.6. The Morgan fingerprint density at radius 3 is 1.40 bits per heavy atom. The number of hydrogen-bond acceptors (Lipinski definition) is 1. The zero-order valence-corrected chi connectivity index (χ0v) is 24.6. The van der Waals surface area contributed by atoms with Gasteiger partial charge in [0.05, 0.1) is 0 Å². The van der Waals surface area contributed by atoms with Crippen molar-refractivity contribution in [1.82, 2.24) is 0 Å². The largest absolute Gasteiger partial charge is 0.456 e. The molecule has 1 aromatic heterocycles. The number of benzene rings is 8. The number of para-hydroxylation sites is 1. The Kier molecular flexibility index (Phi) is 5.89. The minimum absolute atomic E-state index is 0.896. The summed E-state index contributed by atoms with van der Waals surface area (Å²) in [4.78, 5) is 0. The predicted molar refractivity (Wildman–Crippen MR) is 190 cm³/mol. The summed E-state index contributed by atoms with van der Waals surface area (Å²) in [5, 5.41) is 7.24. The summed E-state index contributed by atoms with van der Waals surface area (Å²) in [5.41, 5.74) is 11.5. The molecule has 0 fully saturated rings. The molecule has 8 aromatic carbocycles. The van der Waals surface area contributed by atoms with Gasteiger partial charge < -0.3 is 4.42 Å². The molecule has 0 aliphatic rings. The lowest BCUT2D eigenvalue weighted by molar-refractivity contribution is 0.669. The first kappa shape index (κ1) is 25.6. The Labute approximate surface area is 261 Å². The molecule has 0 aliphatic carbocycles. The molecule has 0 unspecified atom stereocenters. The van der Waals surface area contributed by atoms with Gasteiger partial charge in [-0.25, -0.2) is 0 Å². The van der Waals surface area contributed by atoms with Crippen LogP contribution in [-0.2, 0) is 0 Å². The lowest BCUT2D eigenvalue weighted by Gasteiger charge is -2.21. The van der Waals surface area contributed by atoms with Gasteiger partial charge in [0.25, 0.3) is 0 Å². The fraction of sp³-hybridized carbons (Fsp3) is 0. The van der Waals surface area contributed by atoms with Gasteiger partial charge in [0.2, 0.25) is 0 Å². The fourth-order valence-electron chi connectivity index (χ4n) is 7.21. The number of hydrogen-bond donors (Lipinski definition) is 0. The highest BCUT2D eigenvalue weighted by Crippen LogP contribution is 2.50. The lowest BCUT2D eigenvalue weighted by Crippen LogP contribution is -1.94. The first-order valence-corrected chi connectivity index (χ1v) is 15.4. The summed E-state index contributed by atoms with van der Waals surface area (Å²) in [6.45, 7) is 0. The Morgan fingerprint density at radius 1 is 0.267 bits per heavy atom. The van der Waals surface area contributed by atoms with Crippen LogP contribution in [0.15, 0.2) is 174 Å². The molecule has 0 spiro atoms. The van der Waals surface area contributed by atoms with Crippen LogP contribution in [0, 0.1) is 0 Å². The van der Waals surface area contributed by atoms with Crippen molar-refractivity contribution in [2.24, 2.45) is 0 Å². The van der Waals surface area contributed by atoms with Crippen LogP contribution >= 0.6 is 0 Å². The molecular formula is C44H28O. The van der Waals surface area contributed by atoms with Crippen molar-refractivity contribution in [2.75, 3.05) is 0 Å². The van der Waals surface area contributed by atoms with Crippen molar-refractivity contribution >= 4 is 43.5 Å². The zero-order chi connectivity index (χ0) is 29.7. The van der Waals surface area contributed by atoms with Crippen LogP contribution < -0.4 is 0 Å². The van der Waals surface area contributed by atoms with E-state index in [1.54, 1.807) is 0 Å². The molecule has 0 N–H and O–H groups in total. The molecule has 0 saturated carbocycles. The van der Waals surface area contributed by atoms with Crippen molar-refractivity contribution in [3.05, 3.63) is 170 Å². The van der Waals surface area contributed by atoms with Gasteiger partial charge in [-0.05, 0) is 78.7 Å². The molecule has 210 valence electrons. The van der Waals surface area contributed by atoms with Gasteiger partial charge in [-0.3, -0.25) is 0 Å². The van der Waals surface area contributed by atoms with Crippen molar-refractivity contribution < 1.29 is 4.42 Å². The van der Waals surface area contributed by atoms with Crippen LogP contribution in [0.4, 0.5) is 0 Å². The summed E-state index contributed by atoms with van der Waals surface area (Å²) in [7, 11) is 0. The first-order chi connectivity index (χ1) is 22.4. The van der Waals surface area contributed by atoms with Crippen LogP contribution in [-0.4, -0.2) is 0 Å². The number of rotatable bonds is 4. The molecular weight excluding hydrogens is 544 g/mol. The van der Waals surface area contributed by atoms with Crippen molar-refractivity contribution in [3.8, 4) is 44.5 Å². The van der Waals surface area contributed by atoms with E-state index in [1.807, 2.05) is 6.07 Å². The molecule has 9 aromatic rings. The monoisotopic (exact) mass is 572 g/mol. The molecule has 1 heterocycles. The molecule has 45 heavy (non-hydrogen) atoms. The average molecular weight is 573 g/mol. The lowest BCUT2D eigenvalue weighted by atomic mass is 9.81. The Bertz CT molecular complexity index is 2460. The minimum Gasteiger partial charge on any atom is -0.456 e. The van der Waals surface area contributed by atoms with E-state index in [9.17, 15) is 0 Å². The standard InChI is InChI=1S/C44H28O/c1-3-15-29(16-4-1)31-19-7-8-20-32(31)43-38(27-28-40-44(43)37-25-13-14-26-39(37)45-40)42-35-23-11-9-21-33(35)41(30-17-5-2-6-18-30)34-22-10-12-24-36(34)42/h1-28H. The normalized spacial score (nSPS) is 11.6. The van der Waals surface area contributed by atoms with E-state index < -0.39 is 0 Å². The Balaban J connectivity index is 1.49. The van der Waals surface area contributed by atoms with Crippen LogP contribution in [0.25, 0.3) is 88.0 Å². The molecule has 0 saturated heterocycles. The molecule has 0 bridgehead atoms. The van der Waals surface area contributed by atoms with E-state index in [4.69, 9.17) is 4.42 Å². The zero-order valence-electron chi connectivity index (χ0n) is 24.6. The van der Waals surface area contributed by atoms with Gasteiger partial charge >= 0.3 is 0 Å². The van der Waals surface area contributed by atoms with Crippen LogP contribution in [0.5, 0.6) is 0 Å². The third-order valence-corrected chi connectivity index (χ3v) is 9.09. The summed E-state index contributed by atoms with van der Waals surface area (Å²) >= 11 is 0. The highest BCUT2D eigenvalue weighted by atomic mass is 16.3. The molecule has 0 radical (unpaired) electrons.